The fraction of sp³-hybridized carbons (Fsp3) is 0.455. The fourth-order valence-electron chi connectivity index (χ4n) is 1.49. The number of hydrogen-bond acceptors (Lipinski definition) is 3. The van der Waals surface area contributed by atoms with Crippen LogP contribution in [-0.2, 0) is 0 Å². The molecule has 3 nitrogen and oxygen atoms in total. The average Bonchev–Trinajstić information content (AvgIpc) is 2.22. The zero-order valence-corrected chi connectivity index (χ0v) is 10.8. The van der Waals surface area contributed by atoms with Crippen LogP contribution in [0.3, 0.4) is 0 Å². The Balaban J connectivity index is 2.94. The average molecular weight is 292 g/mol. The predicted octanol–water partition coefficient (Wildman–Crippen LogP) is 2.33. The molecule has 3 N–H and O–H groups in total. The molecule has 0 saturated carbocycles. The van der Waals surface area contributed by atoms with Gasteiger partial charge in [-0.1, -0.05) is 15.9 Å². The molecule has 0 aromatic heterocycles. The Labute approximate surface area is 102 Å². The van der Waals surface area contributed by atoms with Crippen LogP contribution < -0.4 is 5.32 Å². The number of hydrogen-bond donors (Lipinski definition) is 3. The molecular weight excluding hydrogens is 277 g/mol. The van der Waals surface area contributed by atoms with Crippen molar-refractivity contribution in [1.82, 2.24) is 5.32 Å². The summed E-state index contributed by atoms with van der Waals surface area (Å²) in [7, 11) is 0. The first-order valence-corrected chi connectivity index (χ1v) is 5.79. The minimum atomic E-state index is -0.658. The summed E-state index contributed by atoms with van der Waals surface area (Å²) in [4.78, 5) is 0. The van der Waals surface area contributed by atoms with Crippen LogP contribution in [0.2, 0.25) is 0 Å². The second-order valence-corrected chi connectivity index (χ2v) is 4.71. The zero-order valence-electron chi connectivity index (χ0n) is 9.17. The van der Waals surface area contributed by atoms with Gasteiger partial charge < -0.3 is 15.5 Å². The molecule has 0 amide bonds. The molecule has 0 aliphatic rings. The van der Waals surface area contributed by atoms with Crippen LogP contribution in [0, 0.1) is 5.82 Å². The minimum absolute atomic E-state index is 0.0123. The van der Waals surface area contributed by atoms with Gasteiger partial charge in [0.15, 0.2) is 11.6 Å². The molecule has 0 aliphatic heterocycles. The van der Waals surface area contributed by atoms with E-state index in [0.717, 1.165) is 0 Å². The highest BCUT2D eigenvalue weighted by Gasteiger charge is 2.16. The zero-order chi connectivity index (χ0) is 12.3. The van der Waals surface area contributed by atoms with Gasteiger partial charge in [0.2, 0.25) is 0 Å². The smallest absolute Gasteiger partial charge is 0.166 e. The van der Waals surface area contributed by atoms with E-state index in [4.69, 9.17) is 5.11 Å². The van der Waals surface area contributed by atoms with Crippen LogP contribution in [0.1, 0.15) is 25.5 Å². The van der Waals surface area contributed by atoms with Crippen molar-refractivity contribution in [2.45, 2.75) is 25.9 Å². The van der Waals surface area contributed by atoms with Gasteiger partial charge in [0, 0.05) is 22.1 Å². The summed E-state index contributed by atoms with van der Waals surface area (Å²) in [5.41, 5.74) is 0.465. The molecule has 16 heavy (non-hydrogen) atoms. The fourth-order valence-corrected chi connectivity index (χ4v) is 1.93. The number of phenols is 1. The lowest BCUT2D eigenvalue weighted by atomic mass is 10.1. The van der Waals surface area contributed by atoms with Gasteiger partial charge in [0.25, 0.3) is 0 Å². The molecule has 5 heteroatoms. The molecule has 1 aromatic rings. The van der Waals surface area contributed by atoms with E-state index in [-0.39, 0.29) is 24.4 Å². The summed E-state index contributed by atoms with van der Waals surface area (Å²) in [6.45, 7) is 3.59. The van der Waals surface area contributed by atoms with Gasteiger partial charge in [-0.2, -0.15) is 0 Å². The van der Waals surface area contributed by atoms with Gasteiger partial charge in [-0.25, -0.2) is 4.39 Å². The van der Waals surface area contributed by atoms with E-state index in [9.17, 15) is 9.50 Å². The van der Waals surface area contributed by atoms with Gasteiger partial charge >= 0.3 is 0 Å². The molecule has 0 saturated heterocycles. The normalized spacial score (nSPS) is 14.8. The van der Waals surface area contributed by atoms with Crippen molar-refractivity contribution in [1.29, 1.82) is 0 Å². The number of aromatic hydroxyl groups is 1. The second kappa shape index (κ2) is 5.61. The third kappa shape index (κ3) is 3.17. The lowest BCUT2D eigenvalue weighted by molar-refractivity contribution is 0.242. The Kier molecular flexibility index (Phi) is 4.70. The maximum atomic E-state index is 13.3. The highest BCUT2D eigenvalue weighted by molar-refractivity contribution is 9.10. The Morgan fingerprint density at radius 2 is 2.06 bits per heavy atom. The molecular formula is C11H15BrFNO2. The van der Waals surface area contributed by atoms with Gasteiger partial charge in [-0.15, -0.1) is 0 Å². The van der Waals surface area contributed by atoms with Crippen LogP contribution in [0.4, 0.5) is 4.39 Å². The second-order valence-electron chi connectivity index (χ2n) is 3.80. The minimum Gasteiger partial charge on any atom is -0.505 e. The lowest BCUT2D eigenvalue weighted by Crippen LogP contribution is -2.31. The van der Waals surface area contributed by atoms with Crippen LogP contribution >= 0.6 is 15.9 Å². The highest BCUT2D eigenvalue weighted by Crippen LogP contribution is 2.30. The number of phenolic OH excluding ortho intramolecular Hbond substituents is 1. The van der Waals surface area contributed by atoms with Gasteiger partial charge in [0.1, 0.15) is 0 Å². The summed E-state index contributed by atoms with van der Waals surface area (Å²) in [5.74, 6) is -1.01. The molecule has 2 atom stereocenters. The number of nitrogens with one attached hydrogen (secondary N) is 1. The predicted molar refractivity (Wildman–Crippen MR) is 63.9 cm³/mol. The van der Waals surface area contributed by atoms with Crippen molar-refractivity contribution in [2.75, 3.05) is 6.61 Å². The molecule has 0 fully saturated rings. The summed E-state index contributed by atoms with van der Waals surface area (Å²) in [5, 5.41) is 21.5. The van der Waals surface area contributed by atoms with Crippen molar-refractivity contribution >= 4 is 15.9 Å². The maximum absolute atomic E-state index is 13.3. The van der Waals surface area contributed by atoms with E-state index < -0.39 is 5.82 Å². The quantitative estimate of drug-likeness (QED) is 0.798. The Morgan fingerprint density at radius 3 is 2.62 bits per heavy atom. The van der Waals surface area contributed by atoms with Crippen molar-refractivity contribution < 1.29 is 14.6 Å². The number of benzene rings is 1. The standard InChI is InChI=1S/C11H15BrFNO2/c1-6(5-15)14-7(2)9-3-8(12)4-10(13)11(9)16/h3-4,6-7,14-16H,5H2,1-2H3/t6-,7?/m1/s1. The van der Waals surface area contributed by atoms with E-state index >= 15 is 0 Å². The van der Waals surface area contributed by atoms with Crippen molar-refractivity contribution in [3.05, 3.63) is 28.0 Å². The molecule has 1 unspecified atom stereocenters. The van der Waals surface area contributed by atoms with E-state index in [1.165, 1.54) is 6.07 Å². The Hall–Kier alpha value is -0.650. The number of rotatable bonds is 4. The highest BCUT2D eigenvalue weighted by atomic mass is 79.9. The first-order valence-electron chi connectivity index (χ1n) is 5.00. The Bertz CT molecular complexity index is 373. The van der Waals surface area contributed by atoms with E-state index in [1.54, 1.807) is 13.0 Å². The largest absolute Gasteiger partial charge is 0.505 e. The monoisotopic (exact) mass is 291 g/mol. The van der Waals surface area contributed by atoms with E-state index in [0.29, 0.717) is 10.0 Å². The van der Waals surface area contributed by atoms with Crippen LogP contribution in [0.5, 0.6) is 5.75 Å². The Morgan fingerprint density at radius 1 is 1.44 bits per heavy atom. The number of aliphatic hydroxyl groups excluding tert-OH is 1. The number of aliphatic hydroxyl groups is 1. The maximum Gasteiger partial charge on any atom is 0.166 e. The summed E-state index contributed by atoms with van der Waals surface area (Å²) >= 11 is 3.17. The van der Waals surface area contributed by atoms with Crippen LogP contribution in [0.15, 0.2) is 16.6 Å². The summed E-state index contributed by atoms with van der Waals surface area (Å²) < 4.78 is 13.8. The lowest BCUT2D eigenvalue weighted by Gasteiger charge is -2.20. The summed E-state index contributed by atoms with van der Waals surface area (Å²) in [6, 6.07) is 2.51. The summed E-state index contributed by atoms with van der Waals surface area (Å²) in [6.07, 6.45) is 0. The third-order valence-corrected chi connectivity index (χ3v) is 2.79. The molecule has 0 heterocycles. The van der Waals surface area contributed by atoms with Gasteiger partial charge in [-0.3, -0.25) is 0 Å². The van der Waals surface area contributed by atoms with E-state index in [2.05, 4.69) is 21.2 Å². The molecule has 1 aromatic carbocycles. The van der Waals surface area contributed by atoms with Crippen molar-refractivity contribution in [3.63, 3.8) is 0 Å². The molecule has 0 radical (unpaired) electrons. The SMILES string of the molecule is CC(N[C@H](C)CO)c1cc(Br)cc(F)c1O. The molecule has 0 aliphatic carbocycles. The molecule has 90 valence electrons. The topological polar surface area (TPSA) is 52.5 Å². The van der Waals surface area contributed by atoms with Crippen molar-refractivity contribution in [2.24, 2.45) is 0 Å². The van der Waals surface area contributed by atoms with Gasteiger partial charge in [-0.05, 0) is 26.0 Å². The number of halogens is 2. The van der Waals surface area contributed by atoms with Crippen LogP contribution in [0.25, 0.3) is 0 Å². The van der Waals surface area contributed by atoms with E-state index in [1.807, 2.05) is 6.92 Å². The first kappa shape index (κ1) is 13.4. The molecule has 1 rings (SSSR count). The molecule has 0 spiro atoms. The molecule has 0 bridgehead atoms. The van der Waals surface area contributed by atoms with Crippen molar-refractivity contribution in [3.8, 4) is 5.75 Å². The van der Waals surface area contributed by atoms with Crippen LogP contribution in [-0.4, -0.2) is 22.9 Å². The van der Waals surface area contributed by atoms with Gasteiger partial charge in [0.05, 0.1) is 6.61 Å². The third-order valence-electron chi connectivity index (χ3n) is 2.33. The first-order chi connectivity index (χ1) is 7.45.